The zero-order chi connectivity index (χ0) is 16.5. The van der Waals surface area contributed by atoms with Crippen molar-refractivity contribution >= 4 is 37.3 Å². The van der Waals surface area contributed by atoms with E-state index in [0.717, 1.165) is 0 Å². The average Bonchev–Trinajstić information content (AvgIpc) is 3.19. The summed E-state index contributed by atoms with van der Waals surface area (Å²) >= 11 is 3.92. The number of hydrogen-bond acceptors (Lipinski definition) is 0. The van der Waals surface area contributed by atoms with Crippen LogP contribution < -0.4 is 10.4 Å². The molecule has 1 heteroatoms. The molecular formula is C24H13Br. The Morgan fingerprint density at radius 2 is 1.16 bits per heavy atom. The predicted octanol–water partition coefficient (Wildman–Crippen LogP) is 4.42. The van der Waals surface area contributed by atoms with Crippen LogP contribution in [0.25, 0.3) is 21.3 Å². The molecule has 4 aromatic carbocycles. The third-order valence-electron chi connectivity index (χ3n) is 5.44. The Labute approximate surface area is 152 Å². The van der Waals surface area contributed by atoms with E-state index in [4.69, 9.17) is 0 Å². The summed E-state index contributed by atoms with van der Waals surface area (Å²) in [7, 11) is 0. The fraction of sp³-hybridized carbons (Fsp3) is 0. The van der Waals surface area contributed by atoms with E-state index in [0.29, 0.717) is 0 Å². The second kappa shape index (κ2) is 4.71. The normalized spacial score (nSPS) is 13.2. The van der Waals surface area contributed by atoms with E-state index in [-0.39, 0.29) is 0 Å². The summed E-state index contributed by atoms with van der Waals surface area (Å²) in [6, 6.07) is 26.2. The van der Waals surface area contributed by atoms with Crippen LogP contribution >= 0.6 is 15.9 Å². The van der Waals surface area contributed by atoms with Crippen molar-refractivity contribution in [3.63, 3.8) is 0 Å². The van der Waals surface area contributed by atoms with Gasteiger partial charge in [-0.15, -0.1) is 0 Å². The van der Waals surface area contributed by atoms with Gasteiger partial charge in [0.15, 0.2) is 0 Å². The van der Waals surface area contributed by atoms with Gasteiger partial charge in [-0.05, 0) is 69.7 Å². The topological polar surface area (TPSA) is 0 Å². The van der Waals surface area contributed by atoms with Crippen molar-refractivity contribution in [1.29, 1.82) is 0 Å². The quantitative estimate of drug-likeness (QED) is 0.373. The minimum atomic E-state index is 1.21. The standard InChI is InChI=1S/C24H13Br/c25-24-19-12-6-5-11-18(19)22-17-10-4-3-9-16(17)21-15-8-2-1-7-14(15)13-20(21)23(22)24/h1-13H. The molecule has 0 heterocycles. The zero-order valence-corrected chi connectivity index (χ0v) is 15.0. The van der Waals surface area contributed by atoms with Gasteiger partial charge in [-0.1, -0.05) is 72.8 Å². The summed E-state index contributed by atoms with van der Waals surface area (Å²) in [5.74, 6) is 0. The van der Waals surface area contributed by atoms with E-state index in [1.54, 1.807) is 0 Å². The molecule has 0 unspecified atom stereocenters. The van der Waals surface area contributed by atoms with Gasteiger partial charge in [0.25, 0.3) is 0 Å². The second-order valence-corrected chi connectivity index (χ2v) is 7.47. The van der Waals surface area contributed by atoms with Crippen LogP contribution in [0.2, 0.25) is 0 Å². The number of halogens is 1. The molecule has 0 N–H and O–H groups in total. The fourth-order valence-electron chi connectivity index (χ4n) is 4.43. The second-order valence-electron chi connectivity index (χ2n) is 6.68. The van der Waals surface area contributed by atoms with Crippen molar-refractivity contribution in [3.8, 4) is 0 Å². The molecule has 0 saturated heterocycles. The Hall–Kier alpha value is -2.64. The van der Waals surface area contributed by atoms with E-state index in [1.165, 1.54) is 57.7 Å². The van der Waals surface area contributed by atoms with Gasteiger partial charge < -0.3 is 0 Å². The SMILES string of the molecule is BrC1=c2ccccc2=c2c1c1c(c3ccccc23)=c2ccccc2=C1. The van der Waals surface area contributed by atoms with Crippen LogP contribution in [-0.2, 0) is 0 Å². The molecule has 6 rings (SSSR count). The van der Waals surface area contributed by atoms with Crippen molar-refractivity contribution in [2.75, 3.05) is 0 Å². The van der Waals surface area contributed by atoms with Gasteiger partial charge in [0.05, 0.1) is 0 Å². The van der Waals surface area contributed by atoms with E-state index >= 15 is 0 Å². The Morgan fingerprint density at radius 1 is 0.560 bits per heavy atom. The smallest absolute Gasteiger partial charge is 0.0339 e. The highest BCUT2D eigenvalue weighted by Gasteiger charge is 2.20. The maximum absolute atomic E-state index is 3.92. The molecule has 0 amide bonds. The molecule has 2 aliphatic carbocycles. The first-order chi connectivity index (χ1) is 12.3. The van der Waals surface area contributed by atoms with E-state index in [1.807, 2.05) is 0 Å². The molecule has 0 spiro atoms. The lowest BCUT2D eigenvalue weighted by Gasteiger charge is -2.08. The minimum Gasteiger partial charge on any atom is -0.0616 e. The predicted molar refractivity (Wildman–Crippen MR) is 106 cm³/mol. The lowest BCUT2D eigenvalue weighted by atomic mass is 9.96. The number of rotatable bonds is 0. The van der Waals surface area contributed by atoms with E-state index in [2.05, 4.69) is 94.8 Å². The summed E-state index contributed by atoms with van der Waals surface area (Å²) in [4.78, 5) is 0. The van der Waals surface area contributed by atoms with Gasteiger partial charge in [-0.3, -0.25) is 0 Å². The molecule has 0 aromatic heterocycles. The monoisotopic (exact) mass is 380 g/mol. The first kappa shape index (κ1) is 13.6. The van der Waals surface area contributed by atoms with Crippen molar-refractivity contribution in [2.45, 2.75) is 0 Å². The molecule has 2 aliphatic rings. The Bertz CT molecular complexity index is 1540. The highest BCUT2D eigenvalue weighted by Crippen LogP contribution is 2.35. The van der Waals surface area contributed by atoms with E-state index < -0.39 is 0 Å². The van der Waals surface area contributed by atoms with E-state index in [9.17, 15) is 0 Å². The van der Waals surface area contributed by atoms with Crippen LogP contribution in [0.5, 0.6) is 0 Å². The van der Waals surface area contributed by atoms with Crippen molar-refractivity contribution in [3.05, 3.63) is 115 Å². The largest absolute Gasteiger partial charge is 0.0616 e. The highest BCUT2D eigenvalue weighted by atomic mass is 79.9. The number of hydrogen-bond donors (Lipinski definition) is 0. The molecule has 0 atom stereocenters. The van der Waals surface area contributed by atoms with Crippen LogP contribution in [0, 0.1) is 20.9 Å². The van der Waals surface area contributed by atoms with Crippen molar-refractivity contribution in [2.24, 2.45) is 0 Å². The molecule has 0 aliphatic heterocycles. The number of benzene rings is 4. The summed E-state index contributed by atoms with van der Waals surface area (Å²) < 4.78 is 1.21. The zero-order valence-electron chi connectivity index (χ0n) is 13.4. The van der Waals surface area contributed by atoms with Crippen LogP contribution in [0.15, 0.2) is 72.8 Å². The summed E-state index contributed by atoms with van der Waals surface area (Å²) in [5, 5.41) is 10.7. The molecule has 0 radical (unpaired) electrons. The Kier molecular flexibility index (Phi) is 2.57. The summed E-state index contributed by atoms with van der Waals surface area (Å²) in [6.07, 6.45) is 2.35. The first-order valence-corrected chi connectivity index (χ1v) is 9.29. The maximum atomic E-state index is 3.92. The molecule has 25 heavy (non-hydrogen) atoms. The van der Waals surface area contributed by atoms with Gasteiger partial charge in [-0.2, -0.15) is 0 Å². The van der Waals surface area contributed by atoms with Gasteiger partial charge in [0.2, 0.25) is 0 Å². The van der Waals surface area contributed by atoms with Gasteiger partial charge in [0, 0.05) is 10.0 Å². The highest BCUT2D eigenvalue weighted by molar-refractivity contribution is 9.15. The molecule has 4 aromatic rings. The van der Waals surface area contributed by atoms with Gasteiger partial charge >= 0.3 is 0 Å². The molecule has 116 valence electrons. The van der Waals surface area contributed by atoms with Crippen LogP contribution in [0.1, 0.15) is 11.1 Å². The third-order valence-corrected chi connectivity index (χ3v) is 6.26. The molecule has 0 nitrogen and oxygen atoms in total. The summed E-state index contributed by atoms with van der Waals surface area (Å²) in [5.41, 5.74) is 2.68. The Morgan fingerprint density at radius 3 is 1.96 bits per heavy atom. The average molecular weight is 381 g/mol. The maximum Gasteiger partial charge on any atom is 0.0339 e. The van der Waals surface area contributed by atoms with Crippen LogP contribution in [0.4, 0.5) is 0 Å². The lowest BCUT2D eigenvalue weighted by Crippen LogP contribution is -2.00. The molecule has 0 bridgehead atoms. The van der Waals surface area contributed by atoms with Crippen LogP contribution in [0.3, 0.4) is 0 Å². The molecule has 0 saturated carbocycles. The minimum absolute atomic E-state index is 1.21. The van der Waals surface area contributed by atoms with Crippen molar-refractivity contribution < 1.29 is 0 Å². The first-order valence-electron chi connectivity index (χ1n) is 8.50. The lowest BCUT2D eigenvalue weighted by molar-refractivity contribution is 1.48. The molecular weight excluding hydrogens is 368 g/mol. The van der Waals surface area contributed by atoms with Gasteiger partial charge in [0.1, 0.15) is 0 Å². The Balaban J connectivity index is 2.10. The number of fused-ring (bicyclic) bond motifs is 8. The van der Waals surface area contributed by atoms with Crippen molar-refractivity contribution in [1.82, 2.24) is 0 Å². The summed E-state index contributed by atoms with van der Waals surface area (Å²) in [6.45, 7) is 0. The third kappa shape index (κ3) is 1.62. The fourth-order valence-corrected chi connectivity index (χ4v) is 5.19. The van der Waals surface area contributed by atoms with Gasteiger partial charge in [-0.25, -0.2) is 0 Å². The molecule has 0 fully saturated rings. The van der Waals surface area contributed by atoms with Crippen LogP contribution in [-0.4, -0.2) is 0 Å².